The number of carbonyl (C=O) groups is 1. The summed E-state index contributed by atoms with van der Waals surface area (Å²) in [5, 5.41) is 11.9. The van der Waals surface area contributed by atoms with Crippen LogP contribution in [0.2, 0.25) is 0 Å². The molecule has 0 aromatic carbocycles. The molecule has 1 aliphatic heterocycles. The molecule has 1 saturated heterocycles. The molecule has 11 heavy (non-hydrogen) atoms. The zero-order valence-corrected chi connectivity index (χ0v) is 6.42. The van der Waals surface area contributed by atoms with Crippen molar-refractivity contribution in [1.82, 2.24) is 5.32 Å². The minimum atomic E-state index is -0.667. The molecule has 1 saturated carbocycles. The Morgan fingerprint density at radius 1 is 1.45 bits per heavy atom. The number of rotatable bonds is 1. The van der Waals surface area contributed by atoms with Crippen molar-refractivity contribution < 1.29 is 9.90 Å². The zero-order valence-electron chi connectivity index (χ0n) is 6.42. The molecule has 3 atom stereocenters. The molecule has 0 amide bonds. The lowest BCUT2D eigenvalue weighted by molar-refractivity contribution is -0.140. The SMILES string of the molecule is O=C(O)[C@H]1NC[C@@H]2CCC[C@H]21. The summed E-state index contributed by atoms with van der Waals surface area (Å²) >= 11 is 0. The van der Waals surface area contributed by atoms with E-state index in [0.717, 1.165) is 13.0 Å². The molecule has 0 radical (unpaired) electrons. The lowest BCUT2D eigenvalue weighted by Crippen LogP contribution is -2.35. The van der Waals surface area contributed by atoms with Crippen LogP contribution in [-0.2, 0) is 4.79 Å². The van der Waals surface area contributed by atoms with Gasteiger partial charge in [0.15, 0.2) is 0 Å². The predicted molar refractivity (Wildman–Crippen MR) is 40.3 cm³/mol. The topological polar surface area (TPSA) is 49.3 Å². The molecule has 0 aromatic rings. The van der Waals surface area contributed by atoms with Crippen LogP contribution >= 0.6 is 0 Å². The molecule has 1 aliphatic carbocycles. The third-order valence-electron chi connectivity index (χ3n) is 3.01. The number of carboxylic acids is 1. The minimum Gasteiger partial charge on any atom is -0.480 e. The van der Waals surface area contributed by atoms with Crippen molar-refractivity contribution in [2.75, 3.05) is 6.54 Å². The summed E-state index contributed by atoms with van der Waals surface area (Å²) in [7, 11) is 0. The van der Waals surface area contributed by atoms with Crippen LogP contribution in [0.25, 0.3) is 0 Å². The summed E-state index contributed by atoms with van der Waals surface area (Å²) in [6.45, 7) is 0.918. The number of hydrogen-bond acceptors (Lipinski definition) is 2. The fourth-order valence-corrected chi connectivity index (χ4v) is 2.46. The molecule has 3 nitrogen and oxygen atoms in total. The Morgan fingerprint density at radius 2 is 2.27 bits per heavy atom. The maximum absolute atomic E-state index is 10.7. The van der Waals surface area contributed by atoms with Crippen LogP contribution in [0.5, 0.6) is 0 Å². The Kier molecular flexibility index (Phi) is 1.60. The highest BCUT2D eigenvalue weighted by molar-refractivity contribution is 5.74. The Labute approximate surface area is 65.8 Å². The van der Waals surface area contributed by atoms with Crippen molar-refractivity contribution in [3.63, 3.8) is 0 Å². The first-order valence-electron chi connectivity index (χ1n) is 4.25. The fourth-order valence-electron chi connectivity index (χ4n) is 2.46. The van der Waals surface area contributed by atoms with Crippen LogP contribution < -0.4 is 5.32 Å². The van der Waals surface area contributed by atoms with Crippen molar-refractivity contribution >= 4 is 5.97 Å². The van der Waals surface area contributed by atoms with Gasteiger partial charge < -0.3 is 10.4 Å². The third kappa shape index (κ3) is 1.03. The monoisotopic (exact) mass is 155 g/mol. The number of fused-ring (bicyclic) bond motifs is 1. The standard InChI is InChI=1S/C8H13NO2/c10-8(11)7-6-3-1-2-5(6)4-9-7/h5-7,9H,1-4H2,(H,10,11)/t5-,6+,7-/m0/s1. The second kappa shape index (κ2) is 2.48. The quantitative estimate of drug-likeness (QED) is 0.578. The summed E-state index contributed by atoms with van der Waals surface area (Å²) in [6.07, 6.45) is 3.55. The van der Waals surface area contributed by atoms with E-state index in [9.17, 15) is 4.79 Å². The van der Waals surface area contributed by atoms with E-state index in [2.05, 4.69) is 5.32 Å². The predicted octanol–water partition coefficient (Wildman–Crippen LogP) is 0.459. The Morgan fingerprint density at radius 3 is 3.00 bits per heavy atom. The Hall–Kier alpha value is -0.570. The molecule has 62 valence electrons. The molecule has 2 N–H and O–H groups in total. The zero-order chi connectivity index (χ0) is 7.84. The van der Waals surface area contributed by atoms with Gasteiger partial charge in [0.05, 0.1) is 0 Å². The van der Waals surface area contributed by atoms with Gasteiger partial charge in [-0.1, -0.05) is 6.42 Å². The van der Waals surface area contributed by atoms with Crippen LogP contribution in [0.3, 0.4) is 0 Å². The highest BCUT2D eigenvalue weighted by atomic mass is 16.4. The van der Waals surface area contributed by atoms with Gasteiger partial charge in [-0.3, -0.25) is 4.79 Å². The van der Waals surface area contributed by atoms with Crippen LogP contribution in [0.4, 0.5) is 0 Å². The first-order chi connectivity index (χ1) is 5.29. The molecular weight excluding hydrogens is 142 g/mol. The van der Waals surface area contributed by atoms with Crippen LogP contribution in [0, 0.1) is 11.8 Å². The van der Waals surface area contributed by atoms with E-state index in [1.807, 2.05) is 0 Å². The number of carboxylic acid groups (broad SMARTS) is 1. The summed E-state index contributed by atoms with van der Waals surface area (Å²) in [6, 6.07) is -0.248. The van der Waals surface area contributed by atoms with E-state index in [4.69, 9.17) is 5.11 Å². The maximum atomic E-state index is 10.7. The van der Waals surface area contributed by atoms with Gasteiger partial charge in [-0.2, -0.15) is 0 Å². The van der Waals surface area contributed by atoms with Crippen LogP contribution in [0.15, 0.2) is 0 Å². The second-order valence-corrected chi connectivity index (χ2v) is 3.58. The number of hydrogen-bond donors (Lipinski definition) is 2. The molecule has 2 rings (SSSR count). The van der Waals surface area contributed by atoms with Gasteiger partial charge in [-0.05, 0) is 31.2 Å². The molecule has 0 unspecified atom stereocenters. The van der Waals surface area contributed by atoms with Crippen molar-refractivity contribution in [1.29, 1.82) is 0 Å². The van der Waals surface area contributed by atoms with Gasteiger partial charge in [0, 0.05) is 0 Å². The normalized spacial score (nSPS) is 42.4. The first-order valence-corrected chi connectivity index (χ1v) is 4.25. The summed E-state index contributed by atoms with van der Waals surface area (Å²) in [4.78, 5) is 10.7. The van der Waals surface area contributed by atoms with Crippen molar-refractivity contribution in [2.45, 2.75) is 25.3 Å². The van der Waals surface area contributed by atoms with E-state index in [1.54, 1.807) is 0 Å². The summed E-state index contributed by atoms with van der Waals surface area (Å²) in [5.41, 5.74) is 0. The minimum absolute atomic E-state index is 0.248. The molecule has 0 aromatic heterocycles. The highest BCUT2D eigenvalue weighted by Crippen LogP contribution is 2.37. The molecule has 3 heteroatoms. The van der Waals surface area contributed by atoms with E-state index in [0.29, 0.717) is 11.8 Å². The summed E-state index contributed by atoms with van der Waals surface area (Å²) in [5.74, 6) is 0.406. The van der Waals surface area contributed by atoms with Gasteiger partial charge in [-0.25, -0.2) is 0 Å². The second-order valence-electron chi connectivity index (χ2n) is 3.58. The van der Waals surface area contributed by atoms with Gasteiger partial charge in [0.2, 0.25) is 0 Å². The van der Waals surface area contributed by atoms with E-state index in [1.165, 1.54) is 12.8 Å². The van der Waals surface area contributed by atoms with Gasteiger partial charge in [-0.15, -0.1) is 0 Å². The van der Waals surface area contributed by atoms with E-state index < -0.39 is 5.97 Å². The average Bonchev–Trinajstić information content (AvgIpc) is 2.41. The molecule has 2 aliphatic rings. The van der Waals surface area contributed by atoms with E-state index >= 15 is 0 Å². The van der Waals surface area contributed by atoms with Crippen LogP contribution in [0.1, 0.15) is 19.3 Å². The lowest BCUT2D eigenvalue weighted by atomic mass is 9.94. The Balaban J connectivity index is 2.08. The van der Waals surface area contributed by atoms with Gasteiger partial charge in [0.25, 0.3) is 0 Å². The number of nitrogens with one attached hydrogen (secondary N) is 1. The highest BCUT2D eigenvalue weighted by Gasteiger charge is 2.42. The molecule has 0 bridgehead atoms. The van der Waals surface area contributed by atoms with Crippen molar-refractivity contribution in [3.05, 3.63) is 0 Å². The molecular formula is C8H13NO2. The first kappa shape index (κ1) is 7.10. The van der Waals surface area contributed by atoms with Gasteiger partial charge >= 0.3 is 5.97 Å². The molecule has 2 fully saturated rings. The Bertz CT molecular complexity index is 181. The van der Waals surface area contributed by atoms with Gasteiger partial charge in [0.1, 0.15) is 6.04 Å². The average molecular weight is 155 g/mol. The lowest BCUT2D eigenvalue weighted by Gasteiger charge is -2.12. The third-order valence-corrected chi connectivity index (χ3v) is 3.01. The van der Waals surface area contributed by atoms with Crippen LogP contribution in [-0.4, -0.2) is 23.7 Å². The summed E-state index contributed by atoms with van der Waals surface area (Å²) < 4.78 is 0. The fraction of sp³-hybridized carbons (Fsp3) is 0.875. The number of aliphatic carboxylic acids is 1. The van der Waals surface area contributed by atoms with Crippen molar-refractivity contribution in [3.8, 4) is 0 Å². The smallest absolute Gasteiger partial charge is 0.320 e. The maximum Gasteiger partial charge on any atom is 0.320 e. The molecule has 0 spiro atoms. The largest absolute Gasteiger partial charge is 0.480 e. The van der Waals surface area contributed by atoms with E-state index in [-0.39, 0.29) is 6.04 Å². The molecule has 1 heterocycles. The van der Waals surface area contributed by atoms with Crippen molar-refractivity contribution in [2.24, 2.45) is 11.8 Å².